The molecule has 0 bridgehead atoms. The van der Waals surface area contributed by atoms with Crippen molar-refractivity contribution in [2.75, 3.05) is 13.1 Å². The fourth-order valence-electron chi connectivity index (χ4n) is 2.88. The number of likely N-dealkylation sites (tertiary alicyclic amines) is 1. The van der Waals surface area contributed by atoms with Crippen LogP contribution >= 0.6 is 11.3 Å². The number of benzene rings is 1. The highest BCUT2D eigenvalue weighted by atomic mass is 32.1. The van der Waals surface area contributed by atoms with Crippen molar-refractivity contribution in [1.82, 2.24) is 4.90 Å². The van der Waals surface area contributed by atoms with Crippen LogP contribution in [0.1, 0.15) is 40.4 Å². The predicted molar refractivity (Wildman–Crippen MR) is 83.3 cm³/mol. The van der Waals surface area contributed by atoms with E-state index in [0.29, 0.717) is 5.92 Å². The molecule has 1 aliphatic rings. The lowest BCUT2D eigenvalue weighted by Crippen LogP contribution is -2.33. The molecular formula is C17H19NOS. The highest BCUT2D eigenvalue weighted by Gasteiger charge is 2.24. The summed E-state index contributed by atoms with van der Waals surface area (Å²) in [6.45, 7) is 1.74. The Bertz CT molecular complexity index is 550. The van der Waals surface area contributed by atoms with Gasteiger partial charge in [0.25, 0.3) is 5.91 Å². The van der Waals surface area contributed by atoms with E-state index < -0.39 is 0 Å². The molecule has 20 heavy (non-hydrogen) atoms. The molecule has 2 aromatic rings. The van der Waals surface area contributed by atoms with Gasteiger partial charge in [-0.05, 0) is 29.9 Å². The van der Waals surface area contributed by atoms with Crippen molar-refractivity contribution in [3.8, 4) is 0 Å². The van der Waals surface area contributed by atoms with Crippen molar-refractivity contribution in [1.29, 1.82) is 0 Å². The van der Waals surface area contributed by atoms with Gasteiger partial charge in [0.2, 0.25) is 0 Å². The molecule has 2 nitrogen and oxygen atoms in total. The molecule has 0 spiro atoms. The SMILES string of the molecule is O=C(c1cccs1)N1CCCCC(c2ccccc2)C1. The molecule has 3 rings (SSSR count). The first-order valence-corrected chi connectivity index (χ1v) is 8.10. The summed E-state index contributed by atoms with van der Waals surface area (Å²) in [6, 6.07) is 14.5. The number of hydrogen-bond donors (Lipinski definition) is 0. The first-order chi connectivity index (χ1) is 9.84. The van der Waals surface area contributed by atoms with E-state index in [0.717, 1.165) is 24.4 Å². The molecule has 1 fully saturated rings. The van der Waals surface area contributed by atoms with Gasteiger partial charge in [0.1, 0.15) is 0 Å². The summed E-state index contributed by atoms with van der Waals surface area (Å²) in [7, 11) is 0. The third-order valence-electron chi connectivity index (χ3n) is 3.96. The molecule has 1 aromatic heterocycles. The summed E-state index contributed by atoms with van der Waals surface area (Å²) < 4.78 is 0. The van der Waals surface area contributed by atoms with Crippen LogP contribution in [0.5, 0.6) is 0 Å². The highest BCUT2D eigenvalue weighted by molar-refractivity contribution is 7.12. The van der Waals surface area contributed by atoms with Crippen LogP contribution in [0.4, 0.5) is 0 Å². The van der Waals surface area contributed by atoms with E-state index in [1.807, 2.05) is 22.4 Å². The molecule has 1 aromatic carbocycles. The second-order valence-electron chi connectivity index (χ2n) is 5.33. The minimum atomic E-state index is 0.197. The minimum Gasteiger partial charge on any atom is -0.337 e. The second kappa shape index (κ2) is 6.23. The molecule has 0 saturated carbocycles. The zero-order valence-corrected chi connectivity index (χ0v) is 12.3. The van der Waals surface area contributed by atoms with Crippen LogP contribution in [0.3, 0.4) is 0 Å². The molecule has 2 heterocycles. The lowest BCUT2D eigenvalue weighted by atomic mass is 9.94. The lowest BCUT2D eigenvalue weighted by molar-refractivity contribution is 0.0759. The molecule has 1 amide bonds. The van der Waals surface area contributed by atoms with E-state index in [1.54, 1.807) is 0 Å². The first-order valence-electron chi connectivity index (χ1n) is 7.22. The third-order valence-corrected chi connectivity index (χ3v) is 4.82. The Hall–Kier alpha value is -1.61. The maximum Gasteiger partial charge on any atom is 0.263 e. The lowest BCUT2D eigenvalue weighted by Gasteiger charge is -2.24. The monoisotopic (exact) mass is 285 g/mol. The van der Waals surface area contributed by atoms with E-state index in [1.165, 1.54) is 29.7 Å². The molecule has 0 N–H and O–H groups in total. The summed E-state index contributed by atoms with van der Waals surface area (Å²) in [5.74, 6) is 0.672. The van der Waals surface area contributed by atoms with E-state index in [-0.39, 0.29) is 5.91 Å². The Morgan fingerprint density at radius 1 is 1.10 bits per heavy atom. The Balaban J connectivity index is 1.77. The number of amides is 1. The van der Waals surface area contributed by atoms with E-state index in [9.17, 15) is 4.79 Å². The Morgan fingerprint density at radius 2 is 1.95 bits per heavy atom. The van der Waals surface area contributed by atoms with Crippen LogP contribution in [-0.4, -0.2) is 23.9 Å². The first kappa shape index (κ1) is 13.4. The highest BCUT2D eigenvalue weighted by Crippen LogP contribution is 2.27. The van der Waals surface area contributed by atoms with Gasteiger partial charge >= 0.3 is 0 Å². The largest absolute Gasteiger partial charge is 0.337 e. The summed E-state index contributed by atoms with van der Waals surface area (Å²) >= 11 is 1.54. The summed E-state index contributed by atoms with van der Waals surface area (Å²) in [5.41, 5.74) is 1.36. The Kier molecular flexibility index (Phi) is 4.16. The van der Waals surface area contributed by atoms with Crippen molar-refractivity contribution in [3.63, 3.8) is 0 Å². The fourth-order valence-corrected chi connectivity index (χ4v) is 3.57. The summed E-state index contributed by atoms with van der Waals surface area (Å²) in [5, 5.41) is 1.97. The van der Waals surface area contributed by atoms with Crippen LogP contribution in [0.2, 0.25) is 0 Å². The van der Waals surface area contributed by atoms with E-state index >= 15 is 0 Å². The van der Waals surface area contributed by atoms with Gasteiger partial charge in [-0.1, -0.05) is 42.8 Å². The smallest absolute Gasteiger partial charge is 0.263 e. The molecule has 1 unspecified atom stereocenters. The molecule has 0 aliphatic carbocycles. The van der Waals surface area contributed by atoms with Gasteiger partial charge in [0.15, 0.2) is 0 Å². The maximum atomic E-state index is 12.5. The van der Waals surface area contributed by atoms with Crippen LogP contribution in [0.25, 0.3) is 0 Å². The van der Waals surface area contributed by atoms with Gasteiger partial charge in [-0.25, -0.2) is 0 Å². The standard InChI is InChI=1S/C17H19NOS/c19-17(16-10-6-12-20-16)18-11-5-4-9-15(13-18)14-7-2-1-3-8-14/h1-3,6-8,10,12,15H,4-5,9,11,13H2. The van der Waals surface area contributed by atoms with Crippen molar-refractivity contribution < 1.29 is 4.79 Å². The topological polar surface area (TPSA) is 20.3 Å². The average molecular weight is 285 g/mol. The molecule has 1 aliphatic heterocycles. The molecule has 3 heteroatoms. The van der Waals surface area contributed by atoms with Gasteiger partial charge < -0.3 is 4.90 Å². The van der Waals surface area contributed by atoms with Gasteiger partial charge in [-0.3, -0.25) is 4.79 Å². The van der Waals surface area contributed by atoms with Gasteiger partial charge in [-0.2, -0.15) is 0 Å². The minimum absolute atomic E-state index is 0.197. The normalized spacial score (nSPS) is 19.6. The number of rotatable bonds is 2. The third kappa shape index (κ3) is 2.93. The van der Waals surface area contributed by atoms with Crippen LogP contribution in [-0.2, 0) is 0 Å². The van der Waals surface area contributed by atoms with Crippen molar-refractivity contribution in [2.24, 2.45) is 0 Å². The Labute approximate surface area is 124 Å². The zero-order valence-electron chi connectivity index (χ0n) is 11.5. The van der Waals surface area contributed by atoms with Gasteiger partial charge in [0, 0.05) is 19.0 Å². The number of carbonyl (C=O) groups excluding carboxylic acids is 1. The van der Waals surface area contributed by atoms with Crippen LogP contribution < -0.4 is 0 Å². The summed E-state index contributed by atoms with van der Waals surface area (Å²) in [6.07, 6.45) is 3.49. The van der Waals surface area contributed by atoms with Gasteiger partial charge in [0.05, 0.1) is 4.88 Å². The van der Waals surface area contributed by atoms with Crippen molar-refractivity contribution in [2.45, 2.75) is 25.2 Å². The number of carbonyl (C=O) groups is 1. The molecule has 1 atom stereocenters. The molecule has 104 valence electrons. The number of thiophene rings is 1. The van der Waals surface area contributed by atoms with E-state index in [2.05, 4.69) is 30.3 Å². The molecule has 0 radical (unpaired) electrons. The Morgan fingerprint density at radius 3 is 2.70 bits per heavy atom. The predicted octanol–water partition coefficient (Wildman–Crippen LogP) is 4.16. The molecule has 1 saturated heterocycles. The number of nitrogens with zero attached hydrogens (tertiary/aromatic N) is 1. The zero-order chi connectivity index (χ0) is 13.8. The van der Waals surface area contributed by atoms with Crippen LogP contribution in [0, 0.1) is 0 Å². The van der Waals surface area contributed by atoms with Crippen molar-refractivity contribution >= 4 is 17.2 Å². The summed E-state index contributed by atoms with van der Waals surface area (Å²) in [4.78, 5) is 15.4. The van der Waals surface area contributed by atoms with Crippen LogP contribution in [0.15, 0.2) is 47.8 Å². The van der Waals surface area contributed by atoms with Gasteiger partial charge in [-0.15, -0.1) is 11.3 Å². The maximum absolute atomic E-state index is 12.5. The fraction of sp³-hybridized carbons (Fsp3) is 0.353. The molecular weight excluding hydrogens is 266 g/mol. The quantitative estimate of drug-likeness (QED) is 0.811. The second-order valence-corrected chi connectivity index (χ2v) is 6.28. The number of hydrogen-bond acceptors (Lipinski definition) is 2. The van der Waals surface area contributed by atoms with E-state index in [4.69, 9.17) is 0 Å². The van der Waals surface area contributed by atoms with Crippen molar-refractivity contribution in [3.05, 3.63) is 58.3 Å². The average Bonchev–Trinajstić information content (AvgIpc) is 2.92.